The molecule has 2 aromatic rings. The van der Waals surface area contributed by atoms with Crippen LogP contribution in [0.1, 0.15) is 23.0 Å². The quantitative estimate of drug-likeness (QED) is 0.481. The molecule has 0 unspecified atom stereocenters. The number of carbonyl (C=O) groups excluding carboxylic acids is 2. The van der Waals surface area contributed by atoms with Crippen molar-refractivity contribution in [2.75, 3.05) is 19.0 Å². The zero-order valence-electron chi connectivity index (χ0n) is 12.9. The predicted octanol–water partition coefficient (Wildman–Crippen LogP) is 2.96. The Morgan fingerprint density at radius 2 is 2.04 bits per heavy atom. The molecule has 1 N–H and O–H groups in total. The second kappa shape index (κ2) is 8.42. The minimum absolute atomic E-state index is 0.0670. The van der Waals surface area contributed by atoms with Crippen molar-refractivity contribution in [3.63, 3.8) is 0 Å². The molecule has 0 saturated heterocycles. The molecular weight excluding hydrogens is 354 g/mol. The fourth-order valence-electron chi connectivity index (χ4n) is 1.69. The van der Waals surface area contributed by atoms with E-state index in [1.165, 1.54) is 7.11 Å². The number of nitrogens with zero attached hydrogens (tertiary/aromatic N) is 2. The predicted molar refractivity (Wildman–Crippen MR) is 91.7 cm³/mol. The van der Waals surface area contributed by atoms with Gasteiger partial charge in [-0.2, -0.15) is 0 Å². The molecule has 7 nitrogen and oxygen atoms in total. The van der Waals surface area contributed by atoms with E-state index in [-0.39, 0.29) is 23.9 Å². The van der Waals surface area contributed by atoms with E-state index in [0.29, 0.717) is 15.7 Å². The van der Waals surface area contributed by atoms with Gasteiger partial charge >= 0.3 is 5.97 Å². The average molecular weight is 368 g/mol. The Hall–Kier alpha value is -2.45. The largest absolute Gasteiger partial charge is 0.461 e. The van der Waals surface area contributed by atoms with E-state index in [0.717, 1.165) is 11.3 Å². The van der Waals surface area contributed by atoms with Gasteiger partial charge in [0, 0.05) is 16.0 Å². The third-order valence-electron chi connectivity index (χ3n) is 2.73. The molecule has 0 aliphatic carbocycles. The van der Waals surface area contributed by atoms with Gasteiger partial charge in [0.05, 0.1) is 6.61 Å². The van der Waals surface area contributed by atoms with Crippen LogP contribution in [0.5, 0.6) is 0 Å². The van der Waals surface area contributed by atoms with Gasteiger partial charge in [0.1, 0.15) is 12.8 Å². The molecule has 24 heavy (non-hydrogen) atoms. The number of thiazole rings is 1. The third kappa shape index (κ3) is 4.53. The number of oxime groups is 1. The van der Waals surface area contributed by atoms with Gasteiger partial charge in [0.25, 0.3) is 5.91 Å². The molecular formula is C15H14ClN3O4S. The van der Waals surface area contributed by atoms with Crippen molar-refractivity contribution in [2.24, 2.45) is 5.16 Å². The van der Waals surface area contributed by atoms with E-state index in [9.17, 15) is 9.59 Å². The number of anilines is 1. The van der Waals surface area contributed by atoms with E-state index in [2.05, 4.69) is 20.3 Å². The zero-order chi connectivity index (χ0) is 17.5. The lowest BCUT2D eigenvalue weighted by Crippen LogP contribution is -2.20. The van der Waals surface area contributed by atoms with Crippen molar-refractivity contribution in [3.05, 3.63) is 45.9 Å². The SMILES string of the molecule is CCOC(=O)C(=NOC)c1csc(NC(=O)c2ccc(Cl)cc2)n1. The first-order valence-corrected chi connectivity index (χ1v) is 8.12. The molecule has 9 heteroatoms. The molecule has 0 radical (unpaired) electrons. The summed E-state index contributed by atoms with van der Waals surface area (Å²) in [5.74, 6) is -0.992. The summed E-state index contributed by atoms with van der Waals surface area (Å²) in [6, 6.07) is 6.44. The number of aromatic nitrogens is 1. The lowest BCUT2D eigenvalue weighted by molar-refractivity contribution is -0.135. The fraction of sp³-hybridized carbons (Fsp3) is 0.200. The highest BCUT2D eigenvalue weighted by molar-refractivity contribution is 7.14. The third-order valence-corrected chi connectivity index (χ3v) is 3.73. The van der Waals surface area contributed by atoms with Crippen LogP contribution in [0.25, 0.3) is 0 Å². The number of hydrogen-bond acceptors (Lipinski definition) is 7. The number of esters is 1. The van der Waals surface area contributed by atoms with Crippen molar-refractivity contribution < 1.29 is 19.2 Å². The normalized spacial score (nSPS) is 11.0. The van der Waals surface area contributed by atoms with Crippen LogP contribution in [0.4, 0.5) is 5.13 Å². The van der Waals surface area contributed by atoms with Gasteiger partial charge in [-0.3, -0.25) is 10.1 Å². The van der Waals surface area contributed by atoms with Crippen molar-refractivity contribution in [1.82, 2.24) is 4.98 Å². The maximum atomic E-state index is 12.1. The van der Waals surface area contributed by atoms with Gasteiger partial charge in [-0.25, -0.2) is 9.78 Å². The maximum absolute atomic E-state index is 12.1. The summed E-state index contributed by atoms with van der Waals surface area (Å²) in [6.45, 7) is 1.88. The molecule has 0 aliphatic heterocycles. The minimum atomic E-state index is -0.653. The number of benzene rings is 1. The van der Waals surface area contributed by atoms with E-state index < -0.39 is 5.97 Å². The van der Waals surface area contributed by atoms with E-state index in [4.69, 9.17) is 16.3 Å². The Morgan fingerprint density at radius 1 is 1.33 bits per heavy atom. The smallest absolute Gasteiger partial charge is 0.362 e. The van der Waals surface area contributed by atoms with Crippen molar-refractivity contribution >= 4 is 45.7 Å². The highest BCUT2D eigenvalue weighted by Crippen LogP contribution is 2.18. The van der Waals surface area contributed by atoms with Crippen LogP contribution in [0, 0.1) is 0 Å². The van der Waals surface area contributed by atoms with E-state index in [1.54, 1.807) is 36.6 Å². The van der Waals surface area contributed by atoms with E-state index >= 15 is 0 Å². The summed E-state index contributed by atoms with van der Waals surface area (Å²) >= 11 is 6.94. The summed E-state index contributed by atoms with van der Waals surface area (Å²) in [7, 11) is 1.31. The number of rotatable bonds is 6. The molecule has 126 valence electrons. The number of hydrogen-bond donors (Lipinski definition) is 1. The summed E-state index contributed by atoms with van der Waals surface area (Å²) in [5, 5.41) is 8.71. The highest BCUT2D eigenvalue weighted by atomic mass is 35.5. The molecule has 1 aromatic heterocycles. The van der Waals surface area contributed by atoms with Gasteiger partial charge in [-0.1, -0.05) is 16.8 Å². The first-order valence-electron chi connectivity index (χ1n) is 6.86. The lowest BCUT2D eigenvalue weighted by atomic mass is 10.2. The van der Waals surface area contributed by atoms with Crippen molar-refractivity contribution in [2.45, 2.75) is 6.92 Å². The molecule has 1 amide bonds. The maximum Gasteiger partial charge on any atom is 0.362 e. The summed E-state index contributed by atoms with van der Waals surface area (Å²) < 4.78 is 4.90. The van der Waals surface area contributed by atoms with Crippen LogP contribution in [-0.4, -0.2) is 36.3 Å². The Balaban J connectivity index is 2.14. The monoisotopic (exact) mass is 367 g/mol. The van der Waals surface area contributed by atoms with Crippen LogP contribution < -0.4 is 5.32 Å². The van der Waals surface area contributed by atoms with Gasteiger partial charge in [0.2, 0.25) is 5.71 Å². The number of amides is 1. The molecule has 0 spiro atoms. The lowest BCUT2D eigenvalue weighted by Gasteiger charge is -2.03. The van der Waals surface area contributed by atoms with Crippen LogP contribution in [0.3, 0.4) is 0 Å². The molecule has 2 rings (SSSR count). The fourth-order valence-corrected chi connectivity index (χ4v) is 2.51. The standard InChI is InChI=1S/C15H14ClN3O4S/c1-3-23-14(21)12(19-22-2)11-8-24-15(17-11)18-13(20)9-4-6-10(16)7-5-9/h4-8H,3H2,1-2H3,(H,17,18,20). The Kier molecular flexibility index (Phi) is 6.28. The molecule has 0 aliphatic rings. The second-order valence-electron chi connectivity index (χ2n) is 4.34. The zero-order valence-corrected chi connectivity index (χ0v) is 14.5. The number of carbonyl (C=O) groups is 2. The Morgan fingerprint density at radius 3 is 2.67 bits per heavy atom. The molecule has 0 atom stereocenters. The summed E-state index contributed by atoms with van der Waals surface area (Å²) in [4.78, 5) is 32.8. The van der Waals surface area contributed by atoms with E-state index in [1.807, 2.05) is 0 Å². The van der Waals surface area contributed by atoms with Crippen LogP contribution in [0.15, 0.2) is 34.8 Å². The minimum Gasteiger partial charge on any atom is -0.461 e. The summed E-state index contributed by atoms with van der Waals surface area (Å²) in [5.41, 5.74) is 0.627. The molecule has 0 fully saturated rings. The molecule has 0 bridgehead atoms. The van der Waals surface area contributed by atoms with Gasteiger partial charge in [-0.05, 0) is 31.2 Å². The molecule has 0 saturated carbocycles. The number of ether oxygens (including phenoxy) is 1. The van der Waals surface area contributed by atoms with Gasteiger partial charge in [0.15, 0.2) is 5.13 Å². The van der Waals surface area contributed by atoms with Crippen LogP contribution in [-0.2, 0) is 14.4 Å². The Bertz CT molecular complexity index is 758. The van der Waals surface area contributed by atoms with Crippen LogP contribution >= 0.6 is 22.9 Å². The van der Waals surface area contributed by atoms with Gasteiger partial charge < -0.3 is 9.57 Å². The van der Waals surface area contributed by atoms with Crippen molar-refractivity contribution in [1.29, 1.82) is 0 Å². The van der Waals surface area contributed by atoms with Crippen LogP contribution in [0.2, 0.25) is 5.02 Å². The topological polar surface area (TPSA) is 89.9 Å². The Labute approximate surface area is 147 Å². The molecule has 1 heterocycles. The van der Waals surface area contributed by atoms with Crippen molar-refractivity contribution in [3.8, 4) is 0 Å². The molecule has 1 aromatic carbocycles. The summed E-state index contributed by atoms with van der Waals surface area (Å²) in [6.07, 6.45) is 0. The second-order valence-corrected chi connectivity index (χ2v) is 5.64. The average Bonchev–Trinajstić information content (AvgIpc) is 3.01. The highest BCUT2D eigenvalue weighted by Gasteiger charge is 2.20. The number of halogens is 1. The number of nitrogens with one attached hydrogen (secondary N) is 1. The van der Waals surface area contributed by atoms with Gasteiger partial charge in [-0.15, -0.1) is 11.3 Å². The first-order chi connectivity index (χ1) is 11.5. The first kappa shape index (κ1) is 17.9.